The second-order valence-corrected chi connectivity index (χ2v) is 3.86. The molecule has 0 fully saturated rings. The first kappa shape index (κ1) is 8.73. The van der Waals surface area contributed by atoms with Crippen LogP contribution in [0.5, 0.6) is 0 Å². The lowest BCUT2D eigenvalue weighted by atomic mass is 10.1. The lowest BCUT2D eigenvalue weighted by molar-refractivity contribution is 0.164. The van der Waals surface area contributed by atoms with E-state index in [1.54, 1.807) is 13.8 Å². The zero-order valence-corrected chi connectivity index (χ0v) is 7.33. The van der Waals surface area contributed by atoms with Crippen LogP contribution in [0.2, 0.25) is 0 Å². The van der Waals surface area contributed by atoms with E-state index < -0.39 is 11.0 Å². The summed E-state index contributed by atoms with van der Waals surface area (Å²) in [7, 11) is 0. The van der Waals surface area contributed by atoms with E-state index in [-0.39, 0.29) is 0 Å². The zero-order chi connectivity index (χ0) is 6.78. The Bertz CT molecular complexity index is 69.3. The van der Waals surface area contributed by atoms with E-state index in [1.165, 1.54) is 0 Å². The monoisotopic (exact) mass is 200 g/mol. The minimum absolute atomic E-state index is 0.468. The number of alkyl halides is 2. The van der Waals surface area contributed by atoms with Crippen LogP contribution in [0.1, 0.15) is 13.8 Å². The smallest absolute Gasteiger partial charge is 0.0822 e. The largest absolute Gasteiger partial charge is 0.390 e. The number of aliphatic hydroxyl groups excluding tert-OH is 1. The van der Waals surface area contributed by atoms with Gasteiger partial charge in [-0.3, -0.25) is 0 Å². The molecule has 1 N–H and O–H groups in total. The topological polar surface area (TPSA) is 20.2 Å². The van der Waals surface area contributed by atoms with E-state index in [4.69, 9.17) is 16.7 Å². The summed E-state index contributed by atoms with van der Waals surface area (Å²) in [6, 6.07) is 0. The fourth-order valence-corrected chi connectivity index (χ4v) is 1.26. The molecule has 0 aliphatic heterocycles. The minimum Gasteiger partial charge on any atom is -0.390 e. The molecule has 0 saturated heterocycles. The molecule has 0 heterocycles. The molecule has 0 aliphatic rings. The highest BCUT2D eigenvalue weighted by molar-refractivity contribution is 9.09. The fraction of sp³-hybridized carbons (Fsp3) is 1.00. The molecule has 1 unspecified atom stereocenters. The SMILES string of the molecule is CC(C)(Cl)C(O)CBr. The summed E-state index contributed by atoms with van der Waals surface area (Å²) < 4.78 is 0. The molecular weight excluding hydrogens is 191 g/mol. The van der Waals surface area contributed by atoms with Crippen LogP contribution in [0.4, 0.5) is 0 Å². The Hall–Kier alpha value is 0.730. The van der Waals surface area contributed by atoms with Crippen LogP contribution in [0.15, 0.2) is 0 Å². The molecule has 0 rings (SSSR count). The van der Waals surface area contributed by atoms with Gasteiger partial charge in [-0.2, -0.15) is 0 Å². The number of hydrogen-bond donors (Lipinski definition) is 1. The molecule has 0 aliphatic carbocycles. The first-order valence-electron chi connectivity index (χ1n) is 2.41. The van der Waals surface area contributed by atoms with Crippen molar-refractivity contribution in [2.75, 3.05) is 5.33 Å². The van der Waals surface area contributed by atoms with Crippen LogP contribution in [0.25, 0.3) is 0 Å². The maximum Gasteiger partial charge on any atom is 0.0822 e. The van der Waals surface area contributed by atoms with Crippen molar-refractivity contribution in [3.63, 3.8) is 0 Å². The summed E-state index contributed by atoms with van der Waals surface area (Å²) in [6.45, 7) is 3.56. The summed E-state index contributed by atoms with van der Waals surface area (Å²) in [5.41, 5.74) is 0. The third kappa shape index (κ3) is 2.90. The fourth-order valence-electron chi connectivity index (χ4n) is 0.183. The lowest BCUT2D eigenvalue weighted by Crippen LogP contribution is -2.31. The van der Waals surface area contributed by atoms with E-state index in [2.05, 4.69) is 15.9 Å². The zero-order valence-electron chi connectivity index (χ0n) is 4.99. The predicted octanol–water partition coefficient (Wildman–Crippen LogP) is 1.76. The molecule has 3 heteroatoms. The molecule has 0 saturated carbocycles. The van der Waals surface area contributed by atoms with Gasteiger partial charge in [-0.15, -0.1) is 11.6 Å². The molecule has 50 valence electrons. The normalized spacial score (nSPS) is 16.1. The Morgan fingerprint density at radius 2 is 2.12 bits per heavy atom. The van der Waals surface area contributed by atoms with Crippen LogP contribution < -0.4 is 0 Å². The van der Waals surface area contributed by atoms with Crippen molar-refractivity contribution in [3.8, 4) is 0 Å². The summed E-state index contributed by atoms with van der Waals surface area (Å²) >= 11 is 8.82. The number of rotatable bonds is 2. The summed E-state index contributed by atoms with van der Waals surface area (Å²) in [5.74, 6) is 0. The number of halogens is 2. The van der Waals surface area contributed by atoms with Crippen molar-refractivity contribution in [2.24, 2.45) is 0 Å². The average Bonchev–Trinajstić information content (AvgIpc) is 1.62. The van der Waals surface area contributed by atoms with Crippen molar-refractivity contribution in [1.29, 1.82) is 0 Å². The Morgan fingerprint density at radius 3 is 2.12 bits per heavy atom. The standard InChI is InChI=1S/C5H10BrClO/c1-5(2,7)4(8)3-6/h4,8H,3H2,1-2H3. The van der Waals surface area contributed by atoms with Crippen LogP contribution in [-0.4, -0.2) is 21.4 Å². The van der Waals surface area contributed by atoms with E-state index in [1.807, 2.05) is 0 Å². The van der Waals surface area contributed by atoms with Gasteiger partial charge in [-0.05, 0) is 13.8 Å². The van der Waals surface area contributed by atoms with Gasteiger partial charge in [-0.1, -0.05) is 15.9 Å². The van der Waals surface area contributed by atoms with E-state index in [0.29, 0.717) is 5.33 Å². The van der Waals surface area contributed by atoms with Gasteiger partial charge in [0.15, 0.2) is 0 Å². The quantitative estimate of drug-likeness (QED) is 0.675. The first-order chi connectivity index (χ1) is 3.48. The molecule has 0 bridgehead atoms. The summed E-state index contributed by atoms with van der Waals surface area (Å²) in [4.78, 5) is -0.510. The van der Waals surface area contributed by atoms with Crippen molar-refractivity contribution in [1.82, 2.24) is 0 Å². The Balaban J connectivity index is 3.62. The van der Waals surface area contributed by atoms with Gasteiger partial charge in [0.05, 0.1) is 11.0 Å². The van der Waals surface area contributed by atoms with E-state index in [9.17, 15) is 0 Å². The molecule has 0 spiro atoms. The number of hydrogen-bond acceptors (Lipinski definition) is 1. The van der Waals surface area contributed by atoms with Gasteiger partial charge in [0.1, 0.15) is 0 Å². The molecule has 0 aromatic heterocycles. The molecule has 0 aromatic rings. The molecular formula is C5H10BrClO. The van der Waals surface area contributed by atoms with Crippen molar-refractivity contribution in [3.05, 3.63) is 0 Å². The van der Waals surface area contributed by atoms with Gasteiger partial charge >= 0.3 is 0 Å². The molecule has 0 aromatic carbocycles. The molecule has 1 atom stereocenters. The Morgan fingerprint density at radius 1 is 1.75 bits per heavy atom. The van der Waals surface area contributed by atoms with Gasteiger partial charge in [-0.25, -0.2) is 0 Å². The molecule has 0 radical (unpaired) electrons. The summed E-state index contributed by atoms with van der Waals surface area (Å²) in [5, 5.41) is 9.55. The molecule has 8 heavy (non-hydrogen) atoms. The van der Waals surface area contributed by atoms with Crippen LogP contribution in [0, 0.1) is 0 Å². The second kappa shape index (κ2) is 3.04. The van der Waals surface area contributed by atoms with Gasteiger partial charge in [0.25, 0.3) is 0 Å². The average molecular weight is 201 g/mol. The van der Waals surface area contributed by atoms with Crippen LogP contribution >= 0.6 is 27.5 Å². The highest BCUT2D eigenvalue weighted by Gasteiger charge is 2.22. The van der Waals surface area contributed by atoms with Gasteiger partial charge in [0, 0.05) is 5.33 Å². The third-order valence-electron chi connectivity index (χ3n) is 0.939. The maximum atomic E-state index is 9.02. The molecule has 1 nitrogen and oxygen atoms in total. The van der Waals surface area contributed by atoms with Crippen molar-refractivity contribution >= 4 is 27.5 Å². The van der Waals surface area contributed by atoms with Crippen molar-refractivity contribution in [2.45, 2.75) is 24.8 Å². The highest BCUT2D eigenvalue weighted by Crippen LogP contribution is 2.18. The van der Waals surface area contributed by atoms with Crippen molar-refractivity contribution < 1.29 is 5.11 Å². The molecule has 0 amide bonds. The predicted molar refractivity (Wildman–Crippen MR) is 39.7 cm³/mol. The Kier molecular flexibility index (Phi) is 3.32. The van der Waals surface area contributed by atoms with E-state index in [0.717, 1.165) is 0 Å². The second-order valence-electron chi connectivity index (χ2n) is 2.23. The Labute approximate surface area is 63.2 Å². The van der Waals surface area contributed by atoms with Crippen LogP contribution in [0.3, 0.4) is 0 Å². The minimum atomic E-state index is -0.510. The third-order valence-corrected chi connectivity index (χ3v) is 1.80. The van der Waals surface area contributed by atoms with E-state index >= 15 is 0 Å². The lowest BCUT2D eigenvalue weighted by Gasteiger charge is -2.20. The summed E-state index contributed by atoms with van der Waals surface area (Å²) in [6.07, 6.45) is -0.468. The van der Waals surface area contributed by atoms with Crippen LogP contribution in [-0.2, 0) is 0 Å². The highest BCUT2D eigenvalue weighted by atomic mass is 79.9. The first-order valence-corrected chi connectivity index (χ1v) is 3.91. The maximum absolute atomic E-state index is 9.02. The van der Waals surface area contributed by atoms with Gasteiger partial charge in [0.2, 0.25) is 0 Å². The number of aliphatic hydroxyl groups is 1. The van der Waals surface area contributed by atoms with Gasteiger partial charge < -0.3 is 5.11 Å².